The minimum absolute atomic E-state index is 0.253. The van der Waals surface area contributed by atoms with Crippen LogP contribution in [-0.2, 0) is 12.8 Å². The molecule has 0 saturated carbocycles. The number of phenols is 2. The van der Waals surface area contributed by atoms with Gasteiger partial charge in [-0.1, -0.05) is 52.2 Å². The van der Waals surface area contributed by atoms with Gasteiger partial charge in [0, 0.05) is 5.92 Å². The molecular formula is C26H38O2. The lowest BCUT2D eigenvalue weighted by molar-refractivity contribution is 0.466. The number of hydrogen-bond donors (Lipinski definition) is 2. The SMILES string of the molecule is CCCCc1cc(O)c(C)c(C(CCC)c2cc(C)c(O)cc2CCCC)c1. The van der Waals surface area contributed by atoms with Gasteiger partial charge in [0.15, 0.2) is 0 Å². The molecule has 28 heavy (non-hydrogen) atoms. The van der Waals surface area contributed by atoms with Crippen molar-refractivity contribution in [2.75, 3.05) is 0 Å². The average molecular weight is 383 g/mol. The number of rotatable bonds is 10. The van der Waals surface area contributed by atoms with E-state index in [1.807, 2.05) is 26.0 Å². The molecule has 0 radical (unpaired) electrons. The lowest BCUT2D eigenvalue weighted by Crippen LogP contribution is -2.08. The summed E-state index contributed by atoms with van der Waals surface area (Å²) in [6.45, 7) is 10.6. The van der Waals surface area contributed by atoms with Gasteiger partial charge in [0.2, 0.25) is 0 Å². The summed E-state index contributed by atoms with van der Waals surface area (Å²) in [4.78, 5) is 0. The number of aromatic hydroxyl groups is 2. The van der Waals surface area contributed by atoms with Crippen LogP contribution in [0.1, 0.15) is 98.6 Å². The van der Waals surface area contributed by atoms with Gasteiger partial charge in [-0.25, -0.2) is 0 Å². The molecule has 0 saturated heterocycles. The second-order valence-corrected chi connectivity index (χ2v) is 8.22. The fourth-order valence-corrected chi connectivity index (χ4v) is 4.11. The first-order chi connectivity index (χ1) is 13.4. The average Bonchev–Trinajstić information content (AvgIpc) is 2.68. The van der Waals surface area contributed by atoms with Gasteiger partial charge in [0.05, 0.1) is 0 Å². The van der Waals surface area contributed by atoms with Crippen LogP contribution in [-0.4, -0.2) is 10.2 Å². The highest BCUT2D eigenvalue weighted by molar-refractivity contribution is 5.51. The molecule has 1 atom stereocenters. The zero-order chi connectivity index (χ0) is 20.7. The molecule has 2 nitrogen and oxygen atoms in total. The molecule has 154 valence electrons. The number of hydrogen-bond acceptors (Lipinski definition) is 2. The monoisotopic (exact) mass is 382 g/mol. The first-order valence-corrected chi connectivity index (χ1v) is 11.1. The van der Waals surface area contributed by atoms with Gasteiger partial charge in [-0.05, 0) is 91.5 Å². The quantitative estimate of drug-likeness (QED) is 0.451. The fraction of sp³-hybridized carbons (Fsp3) is 0.538. The van der Waals surface area contributed by atoms with Crippen molar-refractivity contribution in [1.29, 1.82) is 0 Å². The van der Waals surface area contributed by atoms with E-state index in [1.54, 1.807) is 0 Å². The summed E-state index contributed by atoms with van der Waals surface area (Å²) in [5.41, 5.74) is 6.97. The molecule has 0 aromatic heterocycles. The molecule has 0 amide bonds. The van der Waals surface area contributed by atoms with Crippen molar-refractivity contribution in [2.24, 2.45) is 0 Å². The Labute approximate surface area is 171 Å². The number of phenolic OH excluding ortho intramolecular Hbond substituents is 2. The maximum absolute atomic E-state index is 10.6. The maximum Gasteiger partial charge on any atom is 0.119 e. The maximum atomic E-state index is 10.6. The summed E-state index contributed by atoms with van der Waals surface area (Å²) in [6.07, 6.45) is 8.67. The van der Waals surface area contributed by atoms with Gasteiger partial charge >= 0.3 is 0 Å². The molecule has 2 rings (SSSR count). The van der Waals surface area contributed by atoms with Crippen molar-refractivity contribution in [1.82, 2.24) is 0 Å². The van der Waals surface area contributed by atoms with Gasteiger partial charge < -0.3 is 10.2 Å². The molecule has 1 unspecified atom stereocenters. The van der Waals surface area contributed by atoms with Crippen molar-refractivity contribution in [3.8, 4) is 11.5 Å². The lowest BCUT2D eigenvalue weighted by Gasteiger charge is -2.25. The van der Waals surface area contributed by atoms with Gasteiger partial charge in [0.1, 0.15) is 11.5 Å². The molecule has 2 aromatic rings. The molecule has 2 heteroatoms. The van der Waals surface area contributed by atoms with Crippen LogP contribution in [0.15, 0.2) is 24.3 Å². The van der Waals surface area contributed by atoms with Crippen molar-refractivity contribution >= 4 is 0 Å². The Morgan fingerprint density at radius 3 is 2.07 bits per heavy atom. The molecule has 0 aliphatic rings. The highest BCUT2D eigenvalue weighted by Crippen LogP contribution is 2.39. The molecular weight excluding hydrogens is 344 g/mol. The predicted octanol–water partition coefficient (Wildman–Crippen LogP) is 7.33. The Morgan fingerprint density at radius 2 is 1.43 bits per heavy atom. The Bertz CT molecular complexity index is 776. The molecule has 0 heterocycles. The van der Waals surface area contributed by atoms with E-state index in [0.29, 0.717) is 11.5 Å². The Morgan fingerprint density at radius 1 is 0.750 bits per heavy atom. The van der Waals surface area contributed by atoms with Crippen LogP contribution in [0, 0.1) is 13.8 Å². The Hall–Kier alpha value is -1.96. The number of unbranched alkanes of at least 4 members (excludes halogenated alkanes) is 2. The second-order valence-electron chi connectivity index (χ2n) is 8.22. The van der Waals surface area contributed by atoms with Crippen LogP contribution in [0.25, 0.3) is 0 Å². The molecule has 2 aromatic carbocycles. The van der Waals surface area contributed by atoms with Gasteiger partial charge in [-0.2, -0.15) is 0 Å². The summed E-state index contributed by atoms with van der Waals surface area (Å²) < 4.78 is 0. The van der Waals surface area contributed by atoms with Crippen molar-refractivity contribution in [3.05, 3.63) is 57.6 Å². The van der Waals surface area contributed by atoms with E-state index >= 15 is 0 Å². The van der Waals surface area contributed by atoms with Crippen LogP contribution in [0.5, 0.6) is 11.5 Å². The third-order valence-corrected chi connectivity index (χ3v) is 5.88. The first kappa shape index (κ1) is 22.3. The van der Waals surface area contributed by atoms with E-state index in [2.05, 4.69) is 32.9 Å². The smallest absolute Gasteiger partial charge is 0.119 e. The van der Waals surface area contributed by atoms with Crippen LogP contribution in [0.2, 0.25) is 0 Å². The summed E-state index contributed by atoms with van der Waals surface area (Å²) in [5.74, 6) is 1.06. The van der Waals surface area contributed by atoms with Crippen LogP contribution >= 0.6 is 0 Å². The zero-order valence-electron chi connectivity index (χ0n) is 18.4. The molecule has 0 aliphatic carbocycles. The topological polar surface area (TPSA) is 40.5 Å². The zero-order valence-corrected chi connectivity index (χ0v) is 18.4. The van der Waals surface area contributed by atoms with Crippen molar-refractivity contribution in [2.45, 2.75) is 91.9 Å². The predicted molar refractivity (Wildman–Crippen MR) is 120 cm³/mol. The second kappa shape index (κ2) is 10.5. The van der Waals surface area contributed by atoms with E-state index < -0.39 is 0 Å². The van der Waals surface area contributed by atoms with Gasteiger partial charge in [0.25, 0.3) is 0 Å². The summed E-state index contributed by atoms with van der Waals surface area (Å²) in [7, 11) is 0. The summed E-state index contributed by atoms with van der Waals surface area (Å²) >= 11 is 0. The number of benzene rings is 2. The molecule has 0 fully saturated rings. The van der Waals surface area contributed by atoms with E-state index in [-0.39, 0.29) is 5.92 Å². The largest absolute Gasteiger partial charge is 0.508 e. The van der Waals surface area contributed by atoms with Gasteiger partial charge in [-0.3, -0.25) is 0 Å². The fourth-order valence-electron chi connectivity index (χ4n) is 4.11. The normalized spacial score (nSPS) is 12.3. The minimum atomic E-state index is 0.253. The van der Waals surface area contributed by atoms with Crippen LogP contribution in [0.3, 0.4) is 0 Å². The van der Waals surface area contributed by atoms with Crippen molar-refractivity contribution in [3.63, 3.8) is 0 Å². The highest BCUT2D eigenvalue weighted by atomic mass is 16.3. The third-order valence-electron chi connectivity index (χ3n) is 5.88. The minimum Gasteiger partial charge on any atom is -0.508 e. The Balaban J connectivity index is 2.59. The van der Waals surface area contributed by atoms with Crippen LogP contribution < -0.4 is 0 Å². The Kier molecular flexibility index (Phi) is 8.41. The van der Waals surface area contributed by atoms with E-state index in [0.717, 1.165) is 62.5 Å². The van der Waals surface area contributed by atoms with E-state index in [1.165, 1.54) is 22.3 Å². The third kappa shape index (κ3) is 5.31. The molecule has 0 bridgehead atoms. The van der Waals surface area contributed by atoms with E-state index in [9.17, 15) is 10.2 Å². The summed E-state index contributed by atoms with van der Waals surface area (Å²) in [5, 5.41) is 20.9. The lowest BCUT2D eigenvalue weighted by atomic mass is 9.80. The van der Waals surface area contributed by atoms with Gasteiger partial charge in [-0.15, -0.1) is 0 Å². The molecule has 0 aliphatic heterocycles. The first-order valence-electron chi connectivity index (χ1n) is 11.1. The summed E-state index contributed by atoms with van der Waals surface area (Å²) in [6, 6.07) is 8.41. The highest BCUT2D eigenvalue weighted by Gasteiger charge is 2.22. The van der Waals surface area contributed by atoms with E-state index in [4.69, 9.17) is 0 Å². The molecule has 0 spiro atoms. The molecule has 2 N–H and O–H groups in total. The van der Waals surface area contributed by atoms with Crippen molar-refractivity contribution < 1.29 is 10.2 Å². The standard InChI is InChI=1S/C26H38O2/c1-6-9-12-20-15-23(19(5)26(28)16-20)22(11-8-3)24-14-18(4)25(27)17-21(24)13-10-7-2/h14-17,22,27-28H,6-13H2,1-5H3. The number of aryl methyl sites for hydroxylation is 3. The van der Waals surface area contributed by atoms with Crippen LogP contribution in [0.4, 0.5) is 0 Å².